The van der Waals surface area contributed by atoms with E-state index in [9.17, 15) is 18.0 Å². The normalized spacial score (nSPS) is 11.8. The van der Waals surface area contributed by atoms with E-state index in [0.29, 0.717) is 52.1 Å². The topological polar surface area (TPSA) is 90.3 Å². The number of benzene rings is 2. The fourth-order valence-electron chi connectivity index (χ4n) is 3.19. The van der Waals surface area contributed by atoms with Gasteiger partial charge in [0.05, 0.1) is 27.9 Å². The Morgan fingerprint density at radius 3 is 2.73 bits per heavy atom. The van der Waals surface area contributed by atoms with E-state index in [2.05, 4.69) is 25.3 Å². The van der Waals surface area contributed by atoms with Crippen molar-refractivity contribution in [3.8, 4) is 5.75 Å². The van der Waals surface area contributed by atoms with E-state index in [0.717, 1.165) is 5.52 Å². The lowest BCUT2D eigenvalue weighted by Gasteiger charge is -2.07. The summed E-state index contributed by atoms with van der Waals surface area (Å²) in [5, 5.41) is 6.34. The van der Waals surface area contributed by atoms with Crippen molar-refractivity contribution < 1.29 is 27.4 Å². The molecule has 0 saturated heterocycles. The number of aromatic nitrogens is 3. The summed E-state index contributed by atoms with van der Waals surface area (Å²) in [6.07, 6.45) is -4.76. The van der Waals surface area contributed by atoms with Gasteiger partial charge in [-0.1, -0.05) is 11.3 Å². The first-order valence-electron chi connectivity index (χ1n) is 9.99. The lowest BCUT2D eigenvalue weighted by atomic mass is 10.2. The summed E-state index contributed by atoms with van der Waals surface area (Å²) in [5.41, 5.74) is 2.41. The summed E-state index contributed by atoms with van der Waals surface area (Å²) in [4.78, 5) is 21.3. The molecule has 4 rings (SSSR count). The molecule has 0 fully saturated rings. The van der Waals surface area contributed by atoms with Crippen molar-refractivity contribution in [2.75, 3.05) is 25.1 Å². The van der Waals surface area contributed by atoms with Crippen molar-refractivity contribution in [1.29, 1.82) is 0 Å². The third kappa shape index (κ3) is 5.34. The van der Waals surface area contributed by atoms with Crippen LogP contribution in [-0.4, -0.2) is 46.6 Å². The van der Waals surface area contributed by atoms with Gasteiger partial charge in [-0.2, -0.15) is 0 Å². The number of nitrogens with zero attached hydrogens (tertiary/aromatic N) is 3. The van der Waals surface area contributed by atoms with E-state index in [-0.39, 0.29) is 11.7 Å². The van der Waals surface area contributed by atoms with Crippen molar-refractivity contribution in [3.63, 3.8) is 0 Å². The molecule has 0 atom stereocenters. The lowest BCUT2D eigenvalue weighted by molar-refractivity contribution is -0.274. The number of amides is 1. The highest BCUT2D eigenvalue weighted by molar-refractivity contribution is 7.22. The van der Waals surface area contributed by atoms with Crippen LogP contribution >= 0.6 is 11.3 Å². The lowest BCUT2D eigenvalue weighted by Crippen LogP contribution is -2.27. The predicted octanol–water partition coefficient (Wildman–Crippen LogP) is 4.59. The van der Waals surface area contributed by atoms with Gasteiger partial charge in [0, 0.05) is 31.8 Å². The molecule has 0 aliphatic rings. The van der Waals surface area contributed by atoms with Gasteiger partial charge in [0.15, 0.2) is 5.13 Å². The van der Waals surface area contributed by atoms with E-state index in [4.69, 9.17) is 4.74 Å². The number of hydrogen-bond donors (Lipinski definition) is 2. The molecule has 2 aromatic heterocycles. The largest absolute Gasteiger partial charge is 0.573 e. The highest BCUT2D eigenvalue weighted by Crippen LogP contribution is 2.33. The third-order valence-corrected chi connectivity index (χ3v) is 5.62. The number of alkyl halides is 3. The minimum absolute atomic E-state index is 0.222. The maximum Gasteiger partial charge on any atom is 0.573 e. The molecule has 33 heavy (non-hydrogen) atoms. The Labute approximate surface area is 190 Å². The molecule has 0 unspecified atom stereocenters. The fourth-order valence-corrected chi connectivity index (χ4v) is 4.08. The van der Waals surface area contributed by atoms with Gasteiger partial charge in [0.25, 0.3) is 5.91 Å². The van der Waals surface area contributed by atoms with Crippen LogP contribution in [0, 0.1) is 0 Å². The minimum Gasteiger partial charge on any atom is -0.406 e. The van der Waals surface area contributed by atoms with Gasteiger partial charge in [-0.3, -0.25) is 4.79 Å². The number of nitrogens with one attached hydrogen (secondary N) is 2. The molecule has 0 bridgehead atoms. The standard InChI is InChI=1S/C21H20F3N5O3S/c1-3-31-9-8-25-18(30)12-4-7-16-15(10-12)26-19(29(16)2)28-20-27-14-6-5-13(11-17(14)33-20)32-21(22,23)24/h4-7,10-11H,3,8-9H2,1-2H3,(H,25,30)(H,26,27,28). The van der Waals surface area contributed by atoms with Gasteiger partial charge in [-0.05, 0) is 37.3 Å². The monoisotopic (exact) mass is 479 g/mol. The van der Waals surface area contributed by atoms with Crippen LogP contribution in [0.2, 0.25) is 0 Å². The van der Waals surface area contributed by atoms with Crippen molar-refractivity contribution in [1.82, 2.24) is 19.9 Å². The van der Waals surface area contributed by atoms with Crippen LogP contribution in [0.25, 0.3) is 21.3 Å². The molecule has 2 heterocycles. The molecule has 1 amide bonds. The van der Waals surface area contributed by atoms with E-state index in [1.165, 1.54) is 29.5 Å². The zero-order valence-corrected chi connectivity index (χ0v) is 18.5. The maximum absolute atomic E-state index is 12.5. The number of anilines is 2. The second-order valence-electron chi connectivity index (χ2n) is 6.97. The molecule has 0 radical (unpaired) electrons. The number of fused-ring (bicyclic) bond motifs is 2. The van der Waals surface area contributed by atoms with Crippen molar-refractivity contribution >= 4 is 49.6 Å². The Bertz CT molecular complexity index is 1300. The Kier molecular flexibility index (Phi) is 6.38. The van der Waals surface area contributed by atoms with Crippen LogP contribution in [0.1, 0.15) is 17.3 Å². The van der Waals surface area contributed by atoms with Crippen LogP contribution in [0.5, 0.6) is 5.75 Å². The summed E-state index contributed by atoms with van der Waals surface area (Å²) in [5.74, 6) is -0.0514. The van der Waals surface area contributed by atoms with Gasteiger partial charge in [-0.25, -0.2) is 9.97 Å². The highest BCUT2D eigenvalue weighted by Gasteiger charge is 2.31. The second kappa shape index (κ2) is 9.24. The van der Waals surface area contributed by atoms with Gasteiger partial charge < -0.3 is 24.7 Å². The van der Waals surface area contributed by atoms with Crippen LogP contribution in [0.4, 0.5) is 24.3 Å². The maximum atomic E-state index is 12.5. The molecule has 12 heteroatoms. The fraction of sp³-hybridized carbons (Fsp3) is 0.286. The van der Waals surface area contributed by atoms with Crippen LogP contribution in [-0.2, 0) is 11.8 Å². The van der Waals surface area contributed by atoms with Crippen molar-refractivity contribution in [2.45, 2.75) is 13.3 Å². The Morgan fingerprint density at radius 1 is 1.15 bits per heavy atom. The van der Waals surface area contributed by atoms with Gasteiger partial charge in [0.1, 0.15) is 5.75 Å². The van der Waals surface area contributed by atoms with Crippen LogP contribution < -0.4 is 15.4 Å². The second-order valence-corrected chi connectivity index (χ2v) is 8.00. The van der Waals surface area contributed by atoms with E-state index < -0.39 is 6.36 Å². The molecule has 174 valence electrons. The van der Waals surface area contributed by atoms with Gasteiger partial charge in [-0.15, -0.1) is 13.2 Å². The molecular formula is C21H20F3N5O3S. The highest BCUT2D eigenvalue weighted by atomic mass is 32.1. The summed E-state index contributed by atoms with van der Waals surface area (Å²) < 4.78 is 48.9. The van der Waals surface area contributed by atoms with E-state index >= 15 is 0 Å². The number of aryl methyl sites for hydroxylation is 1. The van der Waals surface area contributed by atoms with Crippen molar-refractivity contribution in [3.05, 3.63) is 42.0 Å². The first-order chi connectivity index (χ1) is 15.7. The van der Waals surface area contributed by atoms with Gasteiger partial charge in [0.2, 0.25) is 5.95 Å². The van der Waals surface area contributed by atoms with Crippen LogP contribution in [0.3, 0.4) is 0 Å². The first-order valence-corrected chi connectivity index (χ1v) is 10.8. The quantitative estimate of drug-likeness (QED) is 0.359. The molecule has 0 saturated carbocycles. The molecule has 2 aromatic carbocycles. The summed E-state index contributed by atoms with van der Waals surface area (Å²) in [7, 11) is 1.81. The number of ether oxygens (including phenoxy) is 2. The summed E-state index contributed by atoms with van der Waals surface area (Å²) in [6, 6.07) is 9.17. The Balaban J connectivity index is 1.53. The Hall–Kier alpha value is -3.38. The molecule has 2 N–H and O–H groups in total. The number of carbonyl (C=O) groups excluding carboxylic acids is 1. The predicted molar refractivity (Wildman–Crippen MR) is 119 cm³/mol. The number of carbonyl (C=O) groups is 1. The zero-order chi connectivity index (χ0) is 23.6. The minimum atomic E-state index is -4.76. The summed E-state index contributed by atoms with van der Waals surface area (Å²) >= 11 is 1.17. The smallest absolute Gasteiger partial charge is 0.406 e. The third-order valence-electron chi connectivity index (χ3n) is 4.69. The number of thiazole rings is 1. The number of hydrogen-bond acceptors (Lipinski definition) is 7. The SMILES string of the molecule is CCOCCNC(=O)c1ccc2c(c1)nc(Nc1nc3ccc(OC(F)(F)F)cc3s1)n2C. The average Bonchev–Trinajstić information content (AvgIpc) is 3.29. The molecule has 4 aromatic rings. The number of rotatable bonds is 8. The van der Waals surface area contributed by atoms with E-state index in [1.807, 2.05) is 14.0 Å². The summed E-state index contributed by atoms with van der Waals surface area (Å²) in [6.45, 7) is 3.32. The van der Waals surface area contributed by atoms with Crippen LogP contribution in [0.15, 0.2) is 36.4 Å². The molecule has 0 aliphatic heterocycles. The van der Waals surface area contributed by atoms with Gasteiger partial charge >= 0.3 is 6.36 Å². The molecule has 0 aliphatic carbocycles. The number of halogens is 3. The molecular weight excluding hydrogens is 459 g/mol. The average molecular weight is 479 g/mol. The Morgan fingerprint density at radius 2 is 1.97 bits per heavy atom. The van der Waals surface area contributed by atoms with Crippen molar-refractivity contribution in [2.24, 2.45) is 7.05 Å². The molecule has 0 spiro atoms. The molecule has 8 nitrogen and oxygen atoms in total. The first kappa shape index (κ1) is 22.8. The number of imidazole rings is 1. The van der Waals surface area contributed by atoms with E-state index in [1.54, 1.807) is 22.8 Å². The zero-order valence-electron chi connectivity index (χ0n) is 17.7.